The second-order valence-electron chi connectivity index (χ2n) is 18.5. The third-order valence-electron chi connectivity index (χ3n) is 15.5. The van der Waals surface area contributed by atoms with Gasteiger partial charge >= 0.3 is 0 Å². The zero-order valence-electron chi connectivity index (χ0n) is 32.6. The van der Waals surface area contributed by atoms with Crippen molar-refractivity contribution in [1.29, 1.82) is 0 Å². The van der Waals surface area contributed by atoms with Crippen molar-refractivity contribution in [2.75, 3.05) is 4.90 Å². The minimum Gasteiger partial charge on any atom is -0.308 e. The molecule has 0 unspecified atom stereocenters. The molecule has 0 saturated heterocycles. The quantitative estimate of drug-likeness (QED) is 0.173. The van der Waals surface area contributed by atoms with Crippen LogP contribution in [0.5, 0.6) is 0 Å². The first kappa shape index (κ1) is 32.6. The van der Waals surface area contributed by atoms with Gasteiger partial charge in [-0.1, -0.05) is 135 Å². The highest BCUT2D eigenvalue weighted by atomic mass is 32.1. The van der Waals surface area contributed by atoms with Crippen molar-refractivity contribution in [2.45, 2.75) is 56.8 Å². The number of hydrogen-bond acceptors (Lipinski definition) is 2. The summed E-state index contributed by atoms with van der Waals surface area (Å²) >= 11 is 1.91. The molecule has 4 bridgehead atoms. The molecule has 0 amide bonds. The van der Waals surface area contributed by atoms with Gasteiger partial charge in [-0.25, -0.2) is 0 Å². The number of benzene rings is 7. The molecule has 4 saturated carbocycles. The molecule has 6 aliphatic carbocycles. The molecule has 4 fully saturated rings. The van der Waals surface area contributed by atoms with Gasteiger partial charge in [-0.2, -0.15) is 0 Å². The van der Waals surface area contributed by atoms with E-state index in [1.54, 1.807) is 11.1 Å². The Balaban J connectivity index is 1.00. The molecule has 0 atom stereocenters. The third kappa shape index (κ3) is 4.25. The van der Waals surface area contributed by atoms with E-state index >= 15 is 0 Å². The van der Waals surface area contributed by atoms with Gasteiger partial charge in [0, 0.05) is 37.6 Å². The number of thiophene rings is 1. The van der Waals surface area contributed by atoms with Gasteiger partial charge in [0.1, 0.15) is 0 Å². The molecule has 1 spiro atoms. The summed E-state index contributed by atoms with van der Waals surface area (Å²) in [6, 6.07) is 58.3. The Morgan fingerprint density at radius 3 is 1.84 bits per heavy atom. The van der Waals surface area contributed by atoms with Gasteiger partial charge in [-0.15, -0.1) is 11.3 Å². The minimum atomic E-state index is -0.0836. The molecule has 7 aromatic carbocycles. The van der Waals surface area contributed by atoms with E-state index in [9.17, 15) is 0 Å². The molecule has 0 N–H and O–H groups in total. The normalized spacial score (nSPS) is 24.2. The van der Waals surface area contributed by atoms with Crippen LogP contribution in [0.25, 0.3) is 53.6 Å². The van der Waals surface area contributed by atoms with Crippen LogP contribution in [0.4, 0.5) is 17.1 Å². The van der Waals surface area contributed by atoms with Gasteiger partial charge in [0.15, 0.2) is 0 Å². The zero-order chi connectivity index (χ0) is 37.6. The maximum atomic E-state index is 2.56. The van der Waals surface area contributed by atoms with E-state index in [2.05, 4.69) is 170 Å². The minimum absolute atomic E-state index is 0.0836. The Morgan fingerprint density at radius 2 is 1.05 bits per heavy atom. The highest BCUT2D eigenvalue weighted by Crippen LogP contribution is 2.70. The molecule has 1 heterocycles. The fraction of sp³-hybridized carbons (Fsp3) is 0.236. The molecule has 57 heavy (non-hydrogen) atoms. The van der Waals surface area contributed by atoms with Crippen LogP contribution in [-0.4, -0.2) is 0 Å². The first-order valence-electron chi connectivity index (χ1n) is 21.3. The van der Waals surface area contributed by atoms with Gasteiger partial charge in [-0.05, 0) is 136 Å². The molecule has 276 valence electrons. The first-order valence-corrected chi connectivity index (χ1v) is 22.1. The molecule has 0 aliphatic heterocycles. The van der Waals surface area contributed by atoms with Crippen molar-refractivity contribution in [3.63, 3.8) is 0 Å². The molecule has 0 radical (unpaired) electrons. The number of rotatable bonds is 4. The lowest BCUT2D eigenvalue weighted by Crippen LogP contribution is -2.55. The molecule has 1 aromatic heterocycles. The lowest BCUT2D eigenvalue weighted by molar-refractivity contribution is -0.0399. The number of nitrogens with zero attached hydrogens (tertiary/aromatic N) is 1. The van der Waals surface area contributed by atoms with E-state index in [0.717, 1.165) is 23.7 Å². The Labute approximate surface area is 339 Å². The monoisotopic (exact) mass is 751 g/mol. The van der Waals surface area contributed by atoms with Gasteiger partial charge < -0.3 is 4.90 Å². The lowest BCUT2D eigenvalue weighted by Gasteiger charge is -2.61. The molecule has 1 nitrogen and oxygen atoms in total. The third-order valence-corrected chi connectivity index (χ3v) is 16.7. The molecule has 2 heteroatoms. The summed E-state index contributed by atoms with van der Waals surface area (Å²) in [4.78, 5) is 2.56. The average Bonchev–Trinajstić information content (AvgIpc) is 3.85. The Morgan fingerprint density at radius 1 is 0.474 bits per heavy atom. The van der Waals surface area contributed by atoms with Crippen molar-refractivity contribution in [3.05, 3.63) is 174 Å². The van der Waals surface area contributed by atoms with Crippen LogP contribution >= 0.6 is 11.3 Å². The van der Waals surface area contributed by atoms with Crippen molar-refractivity contribution in [2.24, 2.45) is 23.7 Å². The molecular formula is C55H45NS. The summed E-state index contributed by atoms with van der Waals surface area (Å²) in [6.45, 7) is 4.77. The largest absolute Gasteiger partial charge is 0.308 e. The Hall–Kier alpha value is -5.44. The number of anilines is 3. The van der Waals surface area contributed by atoms with Crippen LogP contribution in [0, 0.1) is 23.7 Å². The zero-order valence-corrected chi connectivity index (χ0v) is 33.5. The predicted molar refractivity (Wildman–Crippen MR) is 240 cm³/mol. The maximum absolute atomic E-state index is 2.56. The predicted octanol–water partition coefficient (Wildman–Crippen LogP) is 15.2. The Bertz CT molecular complexity index is 2930. The van der Waals surface area contributed by atoms with Crippen molar-refractivity contribution < 1.29 is 0 Å². The number of hydrogen-bond donors (Lipinski definition) is 0. The van der Waals surface area contributed by atoms with E-state index in [1.165, 1.54) is 114 Å². The number of fused-ring (bicyclic) bond motifs is 9. The van der Waals surface area contributed by atoms with Crippen LogP contribution in [0.15, 0.2) is 152 Å². The topological polar surface area (TPSA) is 3.24 Å². The van der Waals surface area contributed by atoms with Gasteiger partial charge in [0.2, 0.25) is 0 Å². The standard InChI is InChI=1S/C55H45NS/c1-54(2)44-17-6-3-13-42(44)52-46(54)19-11-21-48(52)56(49-22-10-16-41-40-12-5-8-23-50(40)57-53(41)49)38-26-24-35(25-27-38)39-15-9-20-47-51(39)43-14-4-7-18-45(43)55(47)36-29-33-28-34(31-36)32-37(55)30-33/h3-27,33-34,36-37H,28-32H2,1-2H3. The van der Waals surface area contributed by atoms with E-state index in [0.29, 0.717) is 0 Å². The lowest BCUT2D eigenvalue weighted by atomic mass is 9.43. The van der Waals surface area contributed by atoms with Crippen molar-refractivity contribution in [3.8, 4) is 33.4 Å². The van der Waals surface area contributed by atoms with Gasteiger partial charge in [-0.3, -0.25) is 0 Å². The summed E-state index contributed by atoms with van der Waals surface area (Å²) in [5.74, 6) is 3.41. The van der Waals surface area contributed by atoms with Crippen LogP contribution in [-0.2, 0) is 10.8 Å². The first-order chi connectivity index (χ1) is 28.0. The second-order valence-corrected chi connectivity index (χ2v) is 19.5. The van der Waals surface area contributed by atoms with Crippen molar-refractivity contribution in [1.82, 2.24) is 0 Å². The smallest absolute Gasteiger partial charge is 0.0640 e. The van der Waals surface area contributed by atoms with Gasteiger partial charge in [0.05, 0.1) is 16.1 Å². The highest BCUT2D eigenvalue weighted by molar-refractivity contribution is 7.26. The summed E-state index contributed by atoms with van der Waals surface area (Å²) in [7, 11) is 0. The molecule has 8 aromatic rings. The molecule has 6 aliphatic rings. The summed E-state index contributed by atoms with van der Waals surface area (Å²) in [5, 5.41) is 2.65. The van der Waals surface area contributed by atoms with Crippen LogP contribution in [0.3, 0.4) is 0 Å². The van der Waals surface area contributed by atoms with Crippen LogP contribution in [0.1, 0.15) is 68.2 Å². The second kappa shape index (κ2) is 11.6. The van der Waals surface area contributed by atoms with Crippen molar-refractivity contribution >= 4 is 48.6 Å². The highest BCUT2D eigenvalue weighted by Gasteiger charge is 2.61. The van der Waals surface area contributed by atoms with E-state index in [1.807, 2.05) is 11.3 Å². The molecule has 14 rings (SSSR count). The summed E-state index contributed by atoms with van der Waals surface area (Å²) < 4.78 is 2.65. The fourth-order valence-electron chi connectivity index (χ4n) is 13.5. The van der Waals surface area contributed by atoms with E-state index in [-0.39, 0.29) is 10.8 Å². The maximum Gasteiger partial charge on any atom is 0.0640 e. The van der Waals surface area contributed by atoms with Crippen LogP contribution < -0.4 is 4.90 Å². The molecular weight excluding hydrogens is 707 g/mol. The average molecular weight is 752 g/mol. The van der Waals surface area contributed by atoms with E-state index in [4.69, 9.17) is 0 Å². The SMILES string of the molecule is CC1(C)c2ccccc2-c2c(N(c3ccc(-c4cccc5c4-c4ccccc4C54C5CC6CC(C5)CC4C6)cc3)c3cccc4c3sc3ccccc34)cccc21. The van der Waals surface area contributed by atoms with Crippen LogP contribution in [0.2, 0.25) is 0 Å². The van der Waals surface area contributed by atoms with Gasteiger partial charge in [0.25, 0.3) is 0 Å². The fourth-order valence-corrected chi connectivity index (χ4v) is 14.7. The summed E-state index contributed by atoms with van der Waals surface area (Å²) in [5.41, 5.74) is 18.1. The Kier molecular flexibility index (Phi) is 6.63. The van der Waals surface area contributed by atoms with E-state index < -0.39 is 0 Å². The summed E-state index contributed by atoms with van der Waals surface area (Å²) in [6.07, 6.45) is 7.12.